The number of carboxylic acid groups (broad SMARTS) is 1. The Hall–Kier alpha value is -2.34. The van der Waals surface area contributed by atoms with Gasteiger partial charge in [-0.3, -0.25) is 4.79 Å². The highest BCUT2D eigenvalue weighted by atomic mass is 16.5. The Bertz CT molecular complexity index is 750. The first-order valence-corrected chi connectivity index (χ1v) is 7.06. The first-order chi connectivity index (χ1) is 10.4. The summed E-state index contributed by atoms with van der Waals surface area (Å²) in [5.41, 5.74) is 0.344. The molecule has 2 aromatic rings. The van der Waals surface area contributed by atoms with Crippen LogP contribution in [0.2, 0.25) is 0 Å². The highest BCUT2D eigenvalue weighted by molar-refractivity contribution is 5.96. The summed E-state index contributed by atoms with van der Waals surface area (Å²) in [5.74, 6) is -1.18. The third-order valence-corrected chi connectivity index (χ3v) is 3.90. The van der Waals surface area contributed by atoms with Crippen molar-refractivity contribution in [3.8, 4) is 0 Å². The lowest BCUT2D eigenvalue weighted by Gasteiger charge is -2.37. The van der Waals surface area contributed by atoms with Gasteiger partial charge in [0.1, 0.15) is 5.58 Å². The second-order valence-electron chi connectivity index (χ2n) is 5.76. The molecule has 1 atom stereocenters. The van der Waals surface area contributed by atoms with Crippen LogP contribution in [-0.4, -0.2) is 47.2 Å². The highest BCUT2D eigenvalue weighted by Crippen LogP contribution is 2.24. The highest BCUT2D eigenvalue weighted by Gasteiger charge is 2.41. The number of benzene rings is 1. The number of carboxylic acids is 1. The van der Waals surface area contributed by atoms with Gasteiger partial charge in [-0.1, -0.05) is 11.6 Å². The van der Waals surface area contributed by atoms with Gasteiger partial charge in [0.05, 0.1) is 13.2 Å². The van der Waals surface area contributed by atoms with Crippen molar-refractivity contribution >= 4 is 22.8 Å². The van der Waals surface area contributed by atoms with E-state index < -0.39 is 11.6 Å². The lowest BCUT2D eigenvalue weighted by Crippen LogP contribution is -2.56. The molecule has 1 saturated heterocycles. The molecule has 1 N–H and O–H groups in total. The van der Waals surface area contributed by atoms with Crippen molar-refractivity contribution in [2.75, 3.05) is 19.7 Å². The Balaban J connectivity index is 1.87. The minimum absolute atomic E-state index is 0.00274. The van der Waals surface area contributed by atoms with Gasteiger partial charge in [0.2, 0.25) is 0 Å². The van der Waals surface area contributed by atoms with Gasteiger partial charge >= 0.3 is 5.97 Å². The van der Waals surface area contributed by atoms with Crippen molar-refractivity contribution < 1.29 is 23.8 Å². The molecular formula is C16H17NO5. The van der Waals surface area contributed by atoms with Crippen LogP contribution in [0.15, 0.2) is 28.7 Å². The monoisotopic (exact) mass is 303 g/mol. The first-order valence-electron chi connectivity index (χ1n) is 7.06. The summed E-state index contributed by atoms with van der Waals surface area (Å²) in [6.45, 7) is 3.97. The maximum Gasteiger partial charge on any atom is 0.337 e. The average molecular weight is 303 g/mol. The molecule has 1 aromatic carbocycles. The maximum atomic E-state index is 12.5. The molecule has 0 radical (unpaired) electrons. The summed E-state index contributed by atoms with van der Waals surface area (Å²) in [7, 11) is 0. The van der Waals surface area contributed by atoms with Crippen LogP contribution in [-0.2, 0) is 9.53 Å². The number of aryl methyl sites for hydroxylation is 1. The van der Waals surface area contributed by atoms with Crippen molar-refractivity contribution in [1.29, 1.82) is 0 Å². The molecule has 1 aliphatic rings. The number of morpholine rings is 1. The molecule has 1 amide bonds. The van der Waals surface area contributed by atoms with E-state index in [1.807, 2.05) is 25.1 Å². The standard InChI is InChI=1S/C16H17NO5/c1-10-3-4-12-11(7-10)8-13(22-12)14(18)17-5-6-21-16(2,9-17)15(19)20/h3-4,7-8H,5-6,9H2,1-2H3,(H,19,20). The second kappa shape index (κ2) is 5.14. The van der Waals surface area contributed by atoms with Crippen LogP contribution >= 0.6 is 0 Å². The van der Waals surface area contributed by atoms with Gasteiger partial charge in [-0.05, 0) is 32.0 Å². The predicted octanol–water partition coefficient (Wildman–Crippen LogP) is 2.06. The fraction of sp³-hybridized carbons (Fsp3) is 0.375. The fourth-order valence-electron chi connectivity index (χ4n) is 2.60. The first kappa shape index (κ1) is 14.6. The minimum atomic E-state index is -1.38. The van der Waals surface area contributed by atoms with Gasteiger partial charge in [-0.25, -0.2) is 4.79 Å². The maximum absolute atomic E-state index is 12.5. The number of ether oxygens (including phenoxy) is 1. The van der Waals surface area contributed by atoms with Gasteiger partial charge in [-0.15, -0.1) is 0 Å². The number of hydrogen-bond donors (Lipinski definition) is 1. The zero-order valence-corrected chi connectivity index (χ0v) is 12.5. The molecule has 22 heavy (non-hydrogen) atoms. The molecule has 1 aromatic heterocycles. The molecule has 0 saturated carbocycles. The van der Waals surface area contributed by atoms with Crippen LogP contribution in [0.1, 0.15) is 23.0 Å². The Labute approximate surface area is 127 Å². The smallest absolute Gasteiger partial charge is 0.337 e. The van der Waals surface area contributed by atoms with E-state index in [1.165, 1.54) is 11.8 Å². The molecule has 1 fully saturated rings. The van der Waals surface area contributed by atoms with Gasteiger partial charge in [-0.2, -0.15) is 0 Å². The number of rotatable bonds is 2. The van der Waals surface area contributed by atoms with E-state index in [0.717, 1.165) is 10.9 Å². The van der Waals surface area contributed by atoms with E-state index in [4.69, 9.17) is 9.15 Å². The fourth-order valence-corrected chi connectivity index (χ4v) is 2.60. The van der Waals surface area contributed by atoms with Crippen LogP contribution in [0.5, 0.6) is 0 Å². The Morgan fingerprint density at radius 2 is 2.09 bits per heavy atom. The molecule has 116 valence electrons. The van der Waals surface area contributed by atoms with Gasteiger partial charge < -0.3 is 19.2 Å². The Kier molecular flexibility index (Phi) is 3.41. The lowest BCUT2D eigenvalue weighted by molar-refractivity contribution is -0.171. The quantitative estimate of drug-likeness (QED) is 0.918. The largest absolute Gasteiger partial charge is 0.479 e. The zero-order valence-electron chi connectivity index (χ0n) is 12.5. The molecule has 0 aliphatic carbocycles. The normalized spacial score (nSPS) is 22.0. The number of aliphatic carboxylic acids is 1. The van der Waals surface area contributed by atoms with Crippen molar-refractivity contribution in [1.82, 2.24) is 4.90 Å². The number of nitrogens with zero attached hydrogens (tertiary/aromatic N) is 1. The van der Waals surface area contributed by atoms with E-state index >= 15 is 0 Å². The summed E-state index contributed by atoms with van der Waals surface area (Å²) >= 11 is 0. The van der Waals surface area contributed by atoms with Crippen molar-refractivity contribution in [3.05, 3.63) is 35.6 Å². The number of hydrogen-bond acceptors (Lipinski definition) is 4. The van der Waals surface area contributed by atoms with Crippen LogP contribution in [0.4, 0.5) is 0 Å². The number of amides is 1. The predicted molar refractivity (Wildman–Crippen MR) is 78.8 cm³/mol. The van der Waals surface area contributed by atoms with Crippen molar-refractivity contribution in [3.63, 3.8) is 0 Å². The van der Waals surface area contributed by atoms with Crippen molar-refractivity contribution in [2.24, 2.45) is 0 Å². The van der Waals surface area contributed by atoms with Gasteiger partial charge in [0.25, 0.3) is 5.91 Å². The van der Waals surface area contributed by atoms with Crippen LogP contribution in [0.25, 0.3) is 11.0 Å². The summed E-state index contributed by atoms with van der Waals surface area (Å²) in [4.78, 5) is 25.3. The van der Waals surface area contributed by atoms with Crippen LogP contribution < -0.4 is 0 Å². The average Bonchev–Trinajstić information content (AvgIpc) is 2.89. The number of fused-ring (bicyclic) bond motifs is 1. The minimum Gasteiger partial charge on any atom is -0.479 e. The number of carbonyl (C=O) groups is 2. The van der Waals surface area contributed by atoms with E-state index in [-0.39, 0.29) is 24.8 Å². The summed E-state index contributed by atoms with van der Waals surface area (Å²) in [6.07, 6.45) is 0. The topological polar surface area (TPSA) is 80.0 Å². The summed E-state index contributed by atoms with van der Waals surface area (Å²) in [6, 6.07) is 7.37. The van der Waals surface area contributed by atoms with E-state index in [0.29, 0.717) is 12.1 Å². The molecule has 1 aliphatic heterocycles. The summed E-state index contributed by atoms with van der Waals surface area (Å²) in [5, 5.41) is 10.1. The Morgan fingerprint density at radius 1 is 1.32 bits per heavy atom. The second-order valence-corrected chi connectivity index (χ2v) is 5.76. The SMILES string of the molecule is Cc1ccc2oc(C(=O)N3CCOC(C)(C(=O)O)C3)cc2c1. The number of furan rings is 1. The third-order valence-electron chi connectivity index (χ3n) is 3.90. The van der Waals surface area contributed by atoms with Crippen molar-refractivity contribution in [2.45, 2.75) is 19.4 Å². The summed E-state index contributed by atoms with van der Waals surface area (Å²) < 4.78 is 10.9. The molecular weight excluding hydrogens is 286 g/mol. The van der Waals surface area contributed by atoms with E-state index in [1.54, 1.807) is 6.07 Å². The molecule has 0 spiro atoms. The van der Waals surface area contributed by atoms with Gasteiger partial charge in [0, 0.05) is 11.9 Å². The third kappa shape index (κ3) is 2.46. The molecule has 2 heterocycles. The zero-order chi connectivity index (χ0) is 15.9. The molecule has 1 unspecified atom stereocenters. The van der Waals surface area contributed by atoms with Crippen LogP contribution in [0, 0.1) is 6.92 Å². The number of carbonyl (C=O) groups excluding carboxylic acids is 1. The lowest BCUT2D eigenvalue weighted by atomic mass is 10.0. The van der Waals surface area contributed by atoms with E-state index in [2.05, 4.69) is 0 Å². The van der Waals surface area contributed by atoms with E-state index in [9.17, 15) is 14.7 Å². The van der Waals surface area contributed by atoms with Crippen LogP contribution in [0.3, 0.4) is 0 Å². The van der Waals surface area contributed by atoms with Gasteiger partial charge in [0.15, 0.2) is 11.4 Å². The molecule has 0 bridgehead atoms. The Morgan fingerprint density at radius 3 is 2.82 bits per heavy atom. The molecule has 3 rings (SSSR count). The molecule has 6 nitrogen and oxygen atoms in total. The molecule has 6 heteroatoms.